The molecular weight excluding hydrogens is 222 g/mol. The minimum Gasteiger partial charge on any atom is -0.349 e. The summed E-state index contributed by atoms with van der Waals surface area (Å²) < 4.78 is 0. The molecule has 0 fully saturated rings. The van der Waals surface area contributed by atoms with E-state index >= 15 is 0 Å². The first-order valence-electron chi connectivity index (χ1n) is 5.68. The van der Waals surface area contributed by atoms with E-state index in [9.17, 15) is 4.79 Å². The summed E-state index contributed by atoms with van der Waals surface area (Å²) in [6.07, 6.45) is 2.38. The van der Waals surface area contributed by atoms with E-state index in [2.05, 4.69) is 12.2 Å². The number of halogens is 1. The van der Waals surface area contributed by atoms with Gasteiger partial charge in [0.1, 0.15) is 0 Å². The van der Waals surface area contributed by atoms with Crippen LogP contribution in [0.2, 0.25) is 0 Å². The molecule has 0 heterocycles. The summed E-state index contributed by atoms with van der Waals surface area (Å²) in [5, 5.41) is 3.01. The Labute approximate surface area is 102 Å². The summed E-state index contributed by atoms with van der Waals surface area (Å²) in [7, 11) is 0. The molecule has 0 bridgehead atoms. The molecule has 88 valence electrons. The largest absolute Gasteiger partial charge is 0.349 e. The van der Waals surface area contributed by atoms with Crippen LogP contribution in [0.3, 0.4) is 0 Å². The zero-order valence-electron chi connectivity index (χ0n) is 9.58. The standard InChI is InChI=1S/C13H18ClNO/c1-2-6-12(15-13(16)9-10-14)11-7-4-3-5-8-11/h3-5,7-8,12H,2,6,9-10H2,1H3,(H,15,16). The first-order valence-corrected chi connectivity index (χ1v) is 6.21. The third-order valence-electron chi connectivity index (χ3n) is 2.44. The van der Waals surface area contributed by atoms with Crippen molar-refractivity contribution < 1.29 is 4.79 Å². The third-order valence-corrected chi connectivity index (χ3v) is 2.63. The van der Waals surface area contributed by atoms with Gasteiger partial charge in [-0.3, -0.25) is 4.79 Å². The highest BCUT2D eigenvalue weighted by Gasteiger charge is 2.12. The predicted octanol–water partition coefficient (Wildman–Crippen LogP) is 3.27. The number of rotatable bonds is 6. The molecule has 1 rings (SSSR count). The maximum atomic E-state index is 11.5. The number of hydrogen-bond acceptors (Lipinski definition) is 1. The fraction of sp³-hybridized carbons (Fsp3) is 0.462. The molecule has 0 radical (unpaired) electrons. The van der Waals surface area contributed by atoms with Gasteiger partial charge in [0.05, 0.1) is 6.04 Å². The second kappa shape index (κ2) is 7.29. The molecule has 0 aliphatic rings. The minimum absolute atomic E-state index is 0.0253. The lowest BCUT2D eigenvalue weighted by atomic mass is 10.0. The lowest BCUT2D eigenvalue weighted by molar-refractivity contribution is -0.121. The summed E-state index contributed by atoms with van der Waals surface area (Å²) in [6.45, 7) is 2.11. The Hall–Kier alpha value is -1.02. The van der Waals surface area contributed by atoms with Crippen molar-refractivity contribution in [3.05, 3.63) is 35.9 Å². The van der Waals surface area contributed by atoms with Gasteiger partial charge in [-0.2, -0.15) is 0 Å². The van der Waals surface area contributed by atoms with Crippen LogP contribution in [0.25, 0.3) is 0 Å². The molecule has 3 heteroatoms. The Balaban J connectivity index is 2.64. The minimum atomic E-state index is 0.0253. The second-order valence-electron chi connectivity index (χ2n) is 3.76. The molecule has 0 aliphatic heterocycles. The van der Waals surface area contributed by atoms with Crippen LogP contribution < -0.4 is 5.32 Å². The molecule has 2 nitrogen and oxygen atoms in total. The summed E-state index contributed by atoms with van der Waals surface area (Å²) in [5.41, 5.74) is 1.16. The summed E-state index contributed by atoms with van der Waals surface area (Å²) in [5.74, 6) is 0.400. The molecule has 0 aromatic heterocycles. The average Bonchev–Trinajstić information content (AvgIpc) is 2.30. The molecule has 1 aromatic rings. The van der Waals surface area contributed by atoms with E-state index in [-0.39, 0.29) is 11.9 Å². The zero-order chi connectivity index (χ0) is 11.8. The molecule has 0 saturated carbocycles. The zero-order valence-corrected chi connectivity index (χ0v) is 10.3. The van der Waals surface area contributed by atoms with Crippen molar-refractivity contribution >= 4 is 17.5 Å². The average molecular weight is 240 g/mol. The lowest BCUT2D eigenvalue weighted by Gasteiger charge is -2.18. The molecule has 1 amide bonds. The van der Waals surface area contributed by atoms with E-state index in [1.165, 1.54) is 0 Å². The number of nitrogens with one attached hydrogen (secondary N) is 1. The molecule has 0 spiro atoms. The molecule has 0 saturated heterocycles. The maximum Gasteiger partial charge on any atom is 0.221 e. The van der Waals surface area contributed by atoms with Crippen molar-refractivity contribution in [1.29, 1.82) is 0 Å². The van der Waals surface area contributed by atoms with Gasteiger partial charge in [-0.05, 0) is 12.0 Å². The van der Waals surface area contributed by atoms with Gasteiger partial charge in [-0.15, -0.1) is 11.6 Å². The highest BCUT2D eigenvalue weighted by Crippen LogP contribution is 2.18. The quantitative estimate of drug-likeness (QED) is 0.759. The van der Waals surface area contributed by atoms with Crippen LogP contribution in [0, 0.1) is 0 Å². The monoisotopic (exact) mass is 239 g/mol. The van der Waals surface area contributed by atoms with E-state index in [1.807, 2.05) is 30.3 Å². The molecule has 16 heavy (non-hydrogen) atoms. The van der Waals surface area contributed by atoms with Gasteiger partial charge in [0.25, 0.3) is 0 Å². The summed E-state index contributed by atoms with van der Waals surface area (Å²) >= 11 is 5.54. The van der Waals surface area contributed by atoms with Gasteiger partial charge in [-0.1, -0.05) is 43.7 Å². The van der Waals surface area contributed by atoms with Gasteiger partial charge in [0, 0.05) is 12.3 Å². The predicted molar refractivity (Wildman–Crippen MR) is 67.6 cm³/mol. The van der Waals surface area contributed by atoms with E-state index in [0.29, 0.717) is 12.3 Å². The summed E-state index contributed by atoms with van der Waals surface area (Å²) in [6, 6.07) is 10.2. The van der Waals surface area contributed by atoms with Crippen molar-refractivity contribution in [2.45, 2.75) is 32.2 Å². The summed E-state index contributed by atoms with van der Waals surface area (Å²) in [4.78, 5) is 11.5. The number of carbonyl (C=O) groups is 1. The Morgan fingerprint density at radius 3 is 2.62 bits per heavy atom. The molecule has 1 aromatic carbocycles. The van der Waals surface area contributed by atoms with Crippen LogP contribution in [-0.2, 0) is 4.79 Å². The van der Waals surface area contributed by atoms with Crippen molar-refractivity contribution in [1.82, 2.24) is 5.32 Å². The van der Waals surface area contributed by atoms with E-state index in [4.69, 9.17) is 11.6 Å². The lowest BCUT2D eigenvalue weighted by Crippen LogP contribution is -2.28. The van der Waals surface area contributed by atoms with Crippen LogP contribution in [0.4, 0.5) is 0 Å². The van der Waals surface area contributed by atoms with E-state index in [0.717, 1.165) is 18.4 Å². The molecule has 1 unspecified atom stereocenters. The van der Waals surface area contributed by atoms with Crippen molar-refractivity contribution in [3.8, 4) is 0 Å². The second-order valence-corrected chi connectivity index (χ2v) is 4.14. The van der Waals surface area contributed by atoms with Crippen LogP contribution in [0.15, 0.2) is 30.3 Å². The number of amides is 1. The van der Waals surface area contributed by atoms with Crippen LogP contribution in [0.1, 0.15) is 37.8 Å². The number of alkyl halides is 1. The van der Waals surface area contributed by atoms with E-state index in [1.54, 1.807) is 0 Å². The number of carbonyl (C=O) groups excluding carboxylic acids is 1. The topological polar surface area (TPSA) is 29.1 Å². The van der Waals surface area contributed by atoms with E-state index < -0.39 is 0 Å². The third kappa shape index (κ3) is 4.23. The first kappa shape index (κ1) is 13.0. The van der Waals surface area contributed by atoms with Crippen LogP contribution in [-0.4, -0.2) is 11.8 Å². The van der Waals surface area contributed by atoms with Crippen LogP contribution in [0.5, 0.6) is 0 Å². The highest BCUT2D eigenvalue weighted by molar-refractivity contribution is 6.18. The van der Waals surface area contributed by atoms with Gasteiger partial charge < -0.3 is 5.32 Å². The van der Waals surface area contributed by atoms with Gasteiger partial charge in [-0.25, -0.2) is 0 Å². The number of hydrogen-bond donors (Lipinski definition) is 1. The van der Waals surface area contributed by atoms with Crippen LogP contribution >= 0.6 is 11.6 Å². The Morgan fingerprint density at radius 2 is 2.06 bits per heavy atom. The first-order chi connectivity index (χ1) is 7.77. The number of benzene rings is 1. The Kier molecular flexibility index (Phi) is 5.94. The Morgan fingerprint density at radius 1 is 1.38 bits per heavy atom. The van der Waals surface area contributed by atoms with Gasteiger partial charge in [0.15, 0.2) is 0 Å². The molecule has 1 atom stereocenters. The van der Waals surface area contributed by atoms with Crippen molar-refractivity contribution in [2.24, 2.45) is 0 Å². The molecule has 1 N–H and O–H groups in total. The van der Waals surface area contributed by atoms with Gasteiger partial charge >= 0.3 is 0 Å². The molecular formula is C13H18ClNO. The van der Waals surface area contributed by atoms with Crippen molar-refractivity contribution in [3.63, 3.8) is 0 Å². The molecule has 0 aliphatic carbocycles. The normalized spacial score (nSPS) is 12.1. The SMILES string of the molecule is CCCC(NC(=O)CCCl)c1ccccc1. The highest BCUT2D eigenvalue weighted by atomic mass is 35.5. The fourth-order valence-electron chi connectivity index (χ4n) is 1.65. The Bertz CT molecular complexity index is 313. The smallest absolute Gasteiger partial charge is 0.221 e. The maximum absolute atomic E-state index is 11.5. The fourth-order valence-corrected chi connectivity index (χ4v) is 1.82. The van der Waals surface area contributed by atoms with Crippen molar-refractivity contribution in [2.75, 3.05) is 5.88 Å². The van der Waals surface area contributed by atoms with Gasteiger partial charge in [0.2, 0.25) is 5.91 Å².